The van der Waals surface area contributed by atoms with Gasteiger partial charge in [0.1, 0.15) is 11.6 Å². The van der Waals surface area contributed by atoms with Gasteiger partial charge in [0.15, 0.2) is 6.10 Å². The van der Waals surface area contributed by atoms with Gasteiger partial charge in [-0.3, -0.25) is 4.79 Å². The molecule has 1 amide bonds. The van der Waals surface area contributed by atoms with Gasteiger partial charge < -0.3 is 9.74 Å². The molecule has 0 unspecified atom stereocenters. The molecule has 4 nitrogen and oxygen atoms in total. The molecule has 0 bridgehead atoms. The third-order valence-corrected chi connectivity index (χ3v) is 6.11. The Kier molecular flexibility index (Phi) is 2.71. The van der Waals surface area contributed by atoms with Crippen molar-refractivity contribution >= 4 is 23.0 Å². The minimum Gasteiger partial charge on any atom is -0.388 e. The van der Waals surface area contributed by atoms with Crippen molar-refractivity contribution < 1.29 is 9.63 Å². The van der Waals surface area contributed by atoms with Gasteiger partial charge >= 0.3 is 0 Å². The predicted octanol–water partition coefficient (Wildman–Crippen LogP) is 2.92. The molecule has 3 aliphatic heterocycles. The second-order valence-corrected chi connectivity index (χ2v) is 7.42. The summed E-state index contributed by atoms with van der Waals surface area (Å²) in [6.45, 7) is 2.84. The number of benzene rings is 1. The zero-order chi connectivity index (χ0) is 15.6. The van der Waals surface area contributed by atoms with E-state index in [1.165, 1.54) is 16.0 Å². The topological polar surface area (TPSA) is 41.9 Å². The molecule has 1 saturated heterocycles. The highest BCUT2D eigenvalue weighted by atomic mass is 32.1. The van der Waals surface area contributed by atoms with E-state index in [4.69, 9.17) is 4.84 Å². The fourth-order valence-electron chi connectivity index (χ4n) is 3.97. The predicted molar refractivity (Wildman–Crippen MR) is 88.6 cm³/mol. The van der Waals surface area contributed by atoms with E-state index in [9.17, 15) is 4.79 Å². The summed E-state index contributed by atoms with van der Waals surface area (Å²) in [5.41, 5.74) is 4.22. The smallest absolute Gasteiger partial charge is 0.236 e. The lowest BCUT2D eigenvalue weighted by molar-refractivity contribution is -0.130. The van der Waals surface area contributed by atoms with Gasteiger partial charge in [0.2, 0.25) is 5.91 Å². The number of rotatable bonds is 1. The Bertz CT molecular complexity index is 824. The van der Waals surface area contributed by atoms with E-state index in [-0.39, 0.29) is 24.0 Å². The Hall–Kier alpha value is -2.14. The molecule has 2 aromatic rings. The maximum Gasteiger partial charge on any atom is 0.236 e. The molecule has 1 fully saturated rings. The lowest BCUT2D eigenvalue weighted by atomic mass is 9.89. The summed E-state index contributed by atoms with van der Waals surface area (Å²) in [6.07, 6.45) is 0.763. The number of carbonyl (C=O) groups excluding carboxylic acids is 1. The number of oxime groups is 1. The van der Waals surface area contributed by atoms with Crippen LogP contribution in [-0.4, -0.2) is 29.2 Å². The standard InChI is InChI=1S/C18H16N2O2S/c1-10-2-4-11(5-3-10)15-14-17(22-19-15)16-12-7-9-23-13(12)6-8-20(16)18(14)21/h2-5,7,9,14,16-17H,6,8H2,1H3/t14-,16-,17+/m1/s1. The molecule has 0 saturated carbocycles. The van der Waals surface area contributed by atoms with E-state index >= 15 is 0 Å². The highest BCUT2D eigenvalue weighted by molar-refractivity contribution is 7.10. The fraction of sp³-hybridized carbons (Fsp3) is 0.333. The average Bonchev–Trinajstić information content (AvgIpc) is 3.25. The van der Waals surface area contributed by atoms with Crippen LogP contribution in [0.5, 0.6) is 0 Å². The normalized spacial score (nSPS) is 28.0. The largest absolute Gasteiger partial charge is 0.388 e. The minimum absolute atomic E-state index is 0.0224. The quantitative estimate of drug-likeness (QED) is 0.809. The molecule has 23 heavy (non-hydrogen) atoms. The lowest BCUT2D eigenvalue weighted by Gasteiger charge is -2.31. The number of carbonyl (C=O) groups is 1. The van der Waals surface area contributed by atoms with Crippen LogP contribution in [0.3, 0.4) is 0 Å². The first-order chi connectivity index (χ1) is 11.2. The third kappa shape index (κ3) is 1.77. The van der Waals surface area contributed by atoms with E-state index in [0.29, 0.717) is 0 Å². The number of hydrogen-bond donors (Lipinski definition) is 0. The number of nitrogens with zero attached hydrogens (tertiary/aromatic N) is 2. The first-order valence-electron chi connectivity index (χ1n) is 7.91. The number of fused-ring (bicyclic) bond motifs is 5. The fourth-order valence-corrected chi connectivity index (χ4v) is 4.88. The second kappa shape index (κ2) is 4.68. The van der Waals surface area contributed by atoms with Gasteiger partial charge in [-0.05, 0) is 30.4 Å². The summed E-state index contributed by atoms with van der Waals surface area (Å²) in [6, 6.07) is 10.3. The summed E-state index contributed by atoms with van der Waals surface area (Å²) >= 11 is 1.78. The van der Waals surface area contributed by atoms with E-state index in [2.05, 4.69) is 35.7 Å². The van der Waals surface area contributed by atoms with Crippen LogP contribution in [0.2, 0.25) is 0 Å². The number of aryl methyl sites for hydroxylation is 1. The number of thiophene rings is 1. The molecule has 0 N–H and O–H groups in total. The molecule has 0 radical (unpaired) electrons. The summed E-state index contributed by atoms with van der Waals surface area (Å²) in [5.74, 6) is -0.109. The Labute approximate surface area is 138 Å². The van der Waals surface area contributed by atoms with Gasteiger partial charge in [0.05, 0.1) is 6.04 Å². The first-order valence-corrected chi connectivity index (χ1v) is 8.79. The average molecular weight is 324 g/mol. The minimum atomic E-state index is -0.270. The summed E-state index contributed by atoms with van der Waals surface area (Å²) in [7, 11) is 0. The van der Waals surface area contributed by atoms with E-state index in [1.807, 2.05) is 17.0 Å². The van der Waals surface area contributed by atoms with Crippen molar-refractivity contribution in [2.24, 2.45) is 11.1 Å². The molecule has 5 rings (SSSR count). The van der Waals surface area contributed by atoms with Gasteiger partial charge in [0.25, 0.3) is 0 Å². The second-order valence-electron chi connectivity index (χ2n) is 6.42. The van der Waals surface area contributed by atoms with Crippen LogP contribution in [0.25, 0.3) is 0 Å². The molecule has 3 aliphatic rings. The van der Waals surface area contributed by atoms with Gasteiger partial charge in [-0.2, -0.15) is 0 Å². The molecule has 1 aromatic carbocycles. The van der Waals surface area contributed by atoms with Gasteiger partial charge in [0, 0.05) is 17.0 Å². The van der Waals surface area contributed by atoms with Crippen LogP contribution in [0, 0.1) is 12.8 Å². The van der Waals surface area contributed by atoms with Crippen LogP contribution < -0.4 is 0 Å². The molecule has 0 aliphatic carbocycles. The maximum absolute atomic E-state index is 13.0. The summed E-state index contributed by atoms with van der Waals surface area (Å²) in [4.78, 5) is 22.1. The Morgan fingerprint density at radius 2 is 2.09 bits per heavy atom. The zero-order valence-corrected chi connectivity index (χ0v) is 13.5. The van der Waals surface area contributed by atoms with Crippen molar-refractivity contribution in [3.63, 3.8) is 0 Å². The van der Waals surface area contributed by atoms with Gasteiger partial charge in [-0.15, -0.1) is 11.3 Å². The van der Waals surface area contributed by atoms with Crippen LogP contribution in [-0.2, 0) is 16.1 Å². The SMILES string of the molecule is Cc1ccc(C2=NO[C@H]3[C@@H]2C(=O)N2CCc4sccc4[C@H]32)cc1. The molecular weight excluding hydrogens is 308 g/mol. The van der Waals surface area contributed by atoms with Crippen LogP contribution in [0.1, 0.15) is 27.6 Å². The van der Waals surface area contributed by atoms with Crippen LogP contribution >= 0.6 is 11.3 Å². The molecule has 1 aromatic heterocycles. The van der Waals surface area contributed by atoms with E-state index in [0.717, 1.165) is 24.2 Å². The molecule has 116 valence electrons. The van der Waals surface area contributed by atoms with Crippen molar-refractivity contribution in [2.75, 3.05) is 6.54 Å². The highest BCUT2D eigenvalue weighted by Crippen LogP contribution is 2.47. The first kappa shape index (κ1) is 13.3. The molecule has 0 spiro atoms. The third-order valence-electron chi connectivity index (χ3n) is 5.12. The summed E-state index contributed by atoms with van der Waals surface area (Å²) < 4.78 is 0. The van der Waals surface area contributed by atoms with Crippen molar-refractivity contribution in [1.29, 1.82) is 0 Å². The molecule has 5 heteroatoms. The highest BCUT2D eigenvalue weighted by Gasteiger charge is 2.57. The molecular formula is C18H16N2O2S. The van der Waals surface area contributed by atoms with Crippen LogP contribution in [0.15, 0.2) is 40.9 Å². The number of amides is 1. The Balaban J connectivity index is 1.55. The summed E-state index contributed by atoms with van der Waals surface area (Å²) in [5, 5.41) is 6.41. The van der Waals surface area contributed by atoms with Gasteiger partial charge in [-0.1, -0.05) is 35.0 Å². The maximum atomic E-state index is 13.0. The molecule has 4 heterocycles. The van der Waals surface area contributed by atoms with Crippen molar-refractivity contribution in [3.8, 4) is 0 Å². The Morgan fingerprint density at radius 3 is 2.91 bits per heavy atom. The van der Waals surface area contributed by atoms with Crippen molar-refractivity contribution in [1.82, 2.24) is 4.90 Å². The lowest BCUT2D eigenvalue weighted by Crippen LogP contribution is -2.36. The van der Waals surface area contributed by atoms with E-state index in [1.54, 1.807) is 11.3 Å². The van der Waals surface area contributed by atoms with Crippen molar-refractivity contribution in [2.45, 2.75) is 25.5 Å². The van der Waals surface area contributed by atoms with Crippen LogP contribution in [0.4, 0.5) is 0 Å². The zero-order valence-electron chi connectivity index (χ0n) is 12.7. The Morgan fingerprint density at radius 1 is 1.26 bits per heavy atom. The molecule has 3 atom stereocenters. The van der Waals surface area contributed by atoms with Crippen molar-refractivity contribution in [3.05, 3.63) is 57.3 Å². The monoisotopic (exact) mass is 324 g/mol. The number of hydrogen-bond acceptors (Lipinski definition) is 4. The van der Waals surface area contributed by atoms with E-state index < -0.39 is 0 Å². The van der Waals surface area contributed by atoms with Gasteiger partial charge in [-0.25, -0.2) is 0 Å².